The molecule has 1 aromatic heterocycles. The van der Waals surface area contributed by atoms with E-state index in [0.717, 1.165) is 17.5 Å². The van der Waals surface area contributed by atoms with E-state index in [-0.39, 0.29) is 5.69 Å². The number of halogens is 1. The van der Waals surface area contributed by atoms with Crippen molar-refractivity contribution < 1.29 is 17.9 Å². The van der Waals surface area contributed by atoms with Crippen LogP contribution in [0.3, 0.4) is 0 Å². The number of para-hydroxylation sites is 1. The number of thiazole rings is 1. The first-order valence-electron chi connectivity index (χ1n) is 8.80. The minimum Gasteiger partial charge on any atom is -0.496 e. The lowest BCUT2D eigenvalue weighted by atomic mass is 10.1. The minimum atomic E-state index is -3.73. The molecule has 1 N–H and O–H groups in total. The van der Waals surface area contributed by atoms with Crippen LogP contribution in [0.5, 0.6) is 5.75 Å². The van der Waals surface area contributed by atoms with Crippen LogP contribution in [0.15, 0.2) is 52.3 Å². The molecule has 160 valence electrons. The van der Waals surface area contributed by atoms with E-state index in [1.807, 2.05) is 33.9 Å². The highest BCUT2D eigenvalue weighted by atomic mass is 79.9. The smallest absolute Gasteiger partial charge is 0.285 e. The van der Waals surface area contributed by atoms with Gasteiger partial charge in [0.25, 0.3) is 5.91 Å². The monoisotopic (exact) mass is 520 g/mol. The van der Waals surface area contributed by atoms with Crippen LogP contribution in [-0.2, 0) is 16.6 Å². The number of rotatable bonds is 7. The molecule has 3 rings (SSSR count). The molecule has 0 fully saturated rings. The topological polar surface area (TPSA) is 112 Å². The zero-order valence-electron chi connectivity index (χ0n) is 16.5. The molecular weight excluding hydrogens is 504 g/mol. The molecule has 0 aliphatic rings. The number of aromatic nitrogens is 1. The number of ether oxygens (including phenoxy) is 1. The van der Waals surface area contributed by atoms with Gasteiger partial charge in [-0.3, -0.25) is 4.79 Å². The number of methoxy groups -OCH3 is 1. The number of sulfonamides is 1. The first-order chi connectivity index (χ1) is 14.7. The minimum absolute atomic E-state index is 0.0379. The Morgan fingerprint density at radius 2 is 1.94 bits per heavy atom. The summed E-state index contributed by atoms with van der Waals surface area (Å²) >= 11 is 4.49. The van der Waals surface area contributed by atoms with Gasteiger partial charge in [0, 0.05) is 11.3 Å². The maximum absolute atomic E-state index is 12.3. The van der Waals surface area contributed by atoms with E-state index in [4.69, 9.17) is 10.00 Å². The number of benzene rings is 2. The number of hydrogen-bond acceptors (Lipinski definition) is 8. The first kappa shape index (κ1) is 22.7. The van der Waals surface area contributed by atoms with E-state index >= 15 is 0 Å². The zero-order chi connectivity index (χ0) is 22.6. The first-order valence-corrected chi connectivity index (χ1v) is 12.3. The molecule has 8 nitrogen and oxygen atoms in total. The summed E-state index contributed by atoms with van der Waals surface area (Å²) in [6.07, 6.45) is 0.900. The maximum atomic E-state index is 12.3. The van der Waals surface area contributed by atoms with Crippen LogP contribution in [-0.4, -0.2) is 32.7 Å². The van der Waals surface area contributed by atoms with Crippen molar-refractivity contribution in [2.75, 3.05) is 18.3 Å². The lowest BCUT2D eigenvalue weighted by molar-refractivity contribution is 0.0977. The third-order valence-electron chi connectivity index (χ3n) is 4.13. The van der Waals surface area contributed by atoms with Gasteiger partial charge in [0.2, 0.25) is 10.0 Å². The third kappa shape index (κ3) is 5.61. The summed E-state index contributed by atoms with van der Waals surface area (Å²) in [5, 5.41) is 9.55. The third-order valence-corrected chi connectivity index (χ3v) is 6.41. The highest BCUT2D eigenvalue weighted by Crippen LogP contribution is 2.37. The van der Waals surface area contributed by atoms with Crippen LogP contribution in [0.1, 0.15) is 21.6 Å². The number of hydrogen-bond donors (Lipinski definition) is 1. The van der Waals surface area contributed by atoms with Gasteiger partial charge < -0.3 is 9.64 Å². The lowest BCUT2D eigenvalue weighted by Crippen LogP contribution is -2.30. The Morgan fingerprint density at radius 1 is 1.26 bits per heavy atom. The molecule has 0 atom stereocenters. The van der Waals surface area contributed by atoms with Gasteiger partial charge >= 0.3 is 0 Å². The van der Waals surface area contributed by atoms with Crippen molar-refractivity contribution in [1.82, 2.24) is 9.71 Å². The van der Waals surface area contributed by atoms with Crippen LogP contribution in [0.4, 0.5) is 10.8 Å². The number of carbonyl (C=O) groups is 1. The van der Waals surface area contributed by atoms with E-state index in [1.165, 1.54) is 11.3 Å². The van der Waals surface area contributed by atoms with E-state index in [2.05, 4.69) is 27.0 Å². The number of nitriles is 1. The van der Waals surface area contributed by atoms with Gasteiger partial charge in [-0.2, -0.15) is 5.26 Å². The quantitative estimate of drug-likeness (QED) is 0.503. The molecule has 11 heteroatoms. The predicted octanol–water partition coefficient (Wildman–Crippen LogP) is 3.81. The van der Waals surface area contributed by atoms with Gasteiger partial charge in [0.1, 0.15) is 9.54 Å². The normalized spacial score (nSPS) is 10.9. The SMILES string of the molecule is COc1ccccc1CN(c1ccc(C#N)cc1)c1nc(C(=O)NS(C)(=O)=O)c(Br)s1. The highest BCUT2D eigenvalue weighted by Gasteiger charge is 2.23. The molecule has 0 radical (unpaired) electrons. The van der Waals surface area contributed by atoms with Gasteiger partial charge in [-0.1, -0.05) is 29.5 Å². The largest absolute Gasteiger partial charge is 0.496 e. The summed E-state index contributed by atoms with van der Waals surface area (Å²) in [5.74, 6) is -0.138. The summed E-state index contributed by atoms with van der Waals surface area (Å²) in [5.41, 5.74) is 2.09. The molecule has 0 saturated heterocycles. The second-order valence-electron chi connectivity index (χ2n) is 6.38. The van der Waals surface area contributed by atoms with Crippen molar-refractivity contribution in [1.29, 1.82) is 5.26 Å². The van der Waals surface area contributed by atoms with Gasteiger partial charge in [-0.15, -0.1) is 0 Å². The van der Waals surface area contributed by atoms with Gasteiger partial charge in [-0.25, -0.2) is 18.1 Å². The number of nitrogens with one attached hydrogen (secondary N) is 1. The Hall–Kier alpha value is -2.94. The molecule has 1 heterocycles. The summed E-state index contributed by atoms with van der Waals surface area (Å²) in [4.78, 5) is 18.6. The molecule has 0 aliphatic heterocycles. The fourth-order valence-electron chi connectivity index (χ4n) is 2.75. The average molecular weight is 521 g/mol. The molecule has 0 unspecified atom stereocenters. The Kier molecular flexibility index (Phi) is 6.94. The van der Waals surface area contributed by atoms with Crippen molar-refractivity contribution in [2.45, 2.75) is 6.54 Å². The average Bonchev–Trinajstić information content (AvgIpc) is 3.12. The molecule has 1 amide bonds. The maximum Gasteiger partial charge on any atom is 0.285 e. The Balaban J connectivity index is 2.05. The zero-order valence-corrected chi connectivity index (χ0v) is 19.7. The molecule has 2 aromatic carbocycles. The molecule has 0 spiro atoms. The summed E-state index contributed by atoms with van der Waals surface area (Å²) < 4.78 is 30.6. The number of carbonyl (C=O) groups excluding carboxylic acids is 1. The Morgan fingerprint density at radius 3 is 2.55 bits per heavy atom. The number of anilines is 2. The van der Waals surface area contributed by atoms with E-state index in [9.17, 15) is 13.2 Å². The lowest BCUT2D eigenvalue weighted by Gasteiger charge is -2.23. The van der Waals surface area contributed by atoms with Crippen LogP contribution < -0.4 is 14.4 Å². The molecular formula is C20H17BrN4O4S2. The summed E-state index contributed by atoms with van der Waals surface area (Å²) in [7, 11) is -2.15. The van der Waals surface area contributed by atoms with Gasteiger partial charge in [-0.05, 0) is 46.3 Å². The fraction of sp³-hybridized carbons (Fsp3) is 0.150. The fourth-order valence-corrected chi connectivity index (χ4v) is 4.70. The van der Waals surface area contributed by atoms with Crippen molar-refractivity contribution in [3.63, 3.8) is 0 Å². The van der Waals surface area contributed by atoms with Crippen molar-refractivity contribution in [2.24, 2.45) is 0 Å². The Bertz CT molecular complexity index is 1250. The van der Waals surface area contributed by atoms with Gasteiger partial charge in [0.15, 0.2) is 10.8 Å². The number of nitrogens with zero attached hydrogens (tertiary/aromatic N) is 3. The van der Waals surface area contributed by atoms with Crippen molar-refractivity contribution >= 4 is 54.0 Å². The van der Waals surface area contributed by atoms with Gasteiger partial charge in [0.05, 0.1) is 31.5 Å². The van der Waals surface area contributed by atoms with E-state index < -0.39 is 15.9 Å². The standard InChI is InChI=1S/C20H17BrN4O4S2/c1-29-16-6-4-3-5-14(16)12-25(15-9-7-13(11-22)8-10-15)20-23-17(18(21)30-20)19(26)24-31(2,27)28/h3-10H,12H2,1-2H3,(H,24,26). The summed E-state index contributed by atoms with van der Waals surface area (Å²) in [6, 6.07) is 16.5. The Labute approximate surface area is 192 Å². The second kappa shape index (κ2) is 9.47. The number of amides is 1. The molecule has 0 bridgehead atoms. The molecule has 31 heavy (non-hydrogen) atoms. The van der Waals surface area contributed by atoms with E-state index in [1.54, 1.807) is 31.4 Å². The molecule has 0 aliphatic carbocycles. The predicted molar refractivity (Wildman–Crippen MR) is 122 cm³/mol. The second-order valence-corrected chi connectivity index (χ2v) is 10.4. The van der Waals surface area contributed by atoms with E-state index in [0.29, 0.717) is 26.8 Å². The van der Waals surface area contributed by atoms with Crippen LogP contribution in [0, 0.1) is 11.3 Å². The van der Waals surface area contributed by atoms with Crippen LogP contribution in [0.25, 0.3) is 0 Å². The molecule has 3 aromatic rings. The highest BCUT2D eigenvalue weighted by molar-refractivity contribution is 9.11. The van der Waals surface area contributed by atoms with Crippen LogP contribution >= 0.6 is 27.3 Å². The van der Waals surface area contributed by atoms with Crippen molar-refractivity contribution in [3.8, 4) is 11.8 Å². The van der Waals surface area contributed by atoms with Crippen molar-refractivity contribution in [3.05, 3.63) is 69.1 Å². The van der Waals surface area contributed by atoms with Crippen LogP contribution in [0.2, 0.25) is 0 Å². The molecule has 0 saturated carbocycles. The summed E-state index contributed by atoms with van der Waals surface area (Å²) in [6.45, 7) is 0.364.